The van der Waals surface area contributed by atoms with Crippen molar-refractivity contribution in [2.45, 2.75) is 27.2 Å². The largest absolute Gasteiger partial charge is 0.310 e. The number of benzene rings is 3. The molecule has 0 bridgehead atoms. The van der Waals surface area contributed by atoms with Crippen LogP contribution < -0.4 is 10.2 Å². The zero-order valence-electron chi connectivity index (χ0n) is 19.5. The van der Waals surface area contributed by atoms with Crippen molar-refractivity contribution in [3.8, 4) is 16.8 Å². The van der Waals surface area contributed by atoms with E-state index in [9.17, 15) is 9.59 Å². The van der Waals surface area contributed by atoms with E-state index in [1.165, 1.54) is 12.5 Å². The topological polar surface area (TPSA) is 67.2 Å². The number of aryl methyl sites for hydroxylation is 2. The molecule has 0 saturated carbocycles. The van der Waals surface area contributed by atoms with Crippen LogP contribution in [0, 0.1) is 13.8 Å². The monoisotopic (exact) mass is 450 g/mol. The molecule has 2 heterocycles. The lowest BCUT2D eigenvalue weighted by molar-refractivity contribution is -0.114. The SMILES string of the molecule is CC(=O)Nc1c(-c2ccc(C)cc2)c(C)nn1-c1ccc(C(=O)N2CCc3ccccc32)cc1. The van der Waals surface area contributed by atoms with Crippen LogP contribution in [0.4, 0.5) is 11.5 Å². The molecular formula is C28H26N4O2. The number of hydrogen-bond donors (Lipinski definition) is 1. The van der Waals surface area contributed by atoms with Crippen LogP contribution in [0.25, 0.3) is 16.8 Å². The summed E-state index contributed by atoms with van der Waals surface area (Å²) >= 11 is 0. The van der Waals surface area contributed by atoms with Gasteiger partial charge in [0.05, 0.1) is 11.4 Å². The molecule has 34 heavy (non-hydrogen) atoms. The molecule has 1 aliphatic rings. The van der Waals surface area contributed by atoms with Crippen LogP contribution in [0.15, 0.2) is 72.8 Å². The lowest BCUT2D eigenvalue weighted by Gasteiger charge is -2.17. The molecule has 3 aromatic carbocycles. The van der Waals surface area contributed by atoms with E-state index in [4.69, 9.17) is 5.10 Å². The Labute approximate surface area is 198 Å². The molecule has 2 amide bonds. The van der Waals surface area contributed by atoms with Gasteiger partial charge in [-0.15, -0.1) is 0 Å². The van der Waals surface area contributed by atoms with Crippen molar-refractivity contribution in [2.75, 3.05) is 16.8 Å². The second-order valence-electron chi connectivity index (χ2n) is 8.65. The third-order valence-corrected chi connectivity index (χ3v) is 6.19. The van der Waals surface area contributed by atoms with Crippen molar-refractivity contribution in [3.63, 3.8) is 0 Å². The van der Waals surface area contributed by atoms with Crippen molar-refractivity contribution < 1.29 is 9.59 Å². The number of fused-ring (bicyclic) bond motifs is 1. The quantitative estimate of drug-likeness (QED) is 0.458. The molecular weight excluding hydrogens is 424 g/mol. The summed E-state index contributed by atoms with van der Waals surface area (Å²) in [6, 6.07) is 23.5. The van der Waals surface area contributed by atoms with E-state index < -0.39 is 0 Å². The number of para-hydroxylation sites is 1. The van der Waals surface area contributed by atoms with Gasteiger partial charge in [-0.2, -0.15) is 5.10 Å². The maximum absolute atomic E-state index is 13.2. The number of hydrogen-bond acceptors (Lipinski definition) is 3. The third-order valence-electron chi connectivity index (χ3n) is 6.19. The molecule has 1 aromatic heterocycles. The normalized spacial score (nSPS) is 12.5. The van der Waals surface area contributed by atoms with E-state index >= 15 is 0 Å². The maximum Gasteiger partial charge on any atom is 0.258 e. The minimum Gasteiger partial charge on any atom is -0.310 e. The molecule has 1 aliphatic heterocycles. The van der Waals surface area contributed by atoms with Gasteiger partial charge in [0.15, 0.2) is 0 Å². The molecule has 1 N–H and O–H groups in total. The van der Waals surface area contributed by atoms with Crippen LogP contribution in [-0.4, -0.2) is 28.1 Å². The molecule has 0 radical (unpaired) electrons. The highest BCUT2D eigenvalue weighted by atomic mass is 16.2. The van der Waals surface area contributed by atoms with Gasteiger partial charge >= 0.3 is 0 Å². The first-order valence-corrected chi connectivity index (χ1v) is 11.4. The fourth-order valence-electron chi connectivity index (χ4n) is 4.51. The van der Waals surface area contributed by atoms with Gasteiger partial charge in [-0.25, -0.2) is 4.68 Å². The Morgan fingerprint density at radius 3 is 2.32 bits per heavy atom. The first-order valence-electron chi connectivity index (χ1n) is 11.4. The fourth-order valence-corrected chi connectivity index (χ4v) is 4.51. The van der Waals surface area contributed by atoms with Crippen molar-refractivity contribution >= 4 is 23.3 Å². The molecule has 0 unspecified atom stereocenters. The predicted octanol–water partition coefficient (Wildman–Crippen LogP) is 5.32. The Balaban J connectivity index is 1.50. The number of anilines is 2. The number of carbonyl (C=O) groups excluding carboxylic acids is 2. The van der Waals surface area contributed by atoms with Gasteiger partial charge in [0.2, 0.25) is 5.91 Å². The Bertz CT molecular complexity index is 1390. The Kier molecular flexibility index (Phi) is 5.49. The summed E-state index contributed by atoms with van der Waals surface area (Å²) in [6.07, 6.45) is 0.869. The van der Waals surface area contributed by atoms with E-state index in [1.807, 2.05) is 85.5 Å². The van der Waals surface area contributed by atoms with Gasteiger partial charge in [0, 0.05) is 30.3 Å². The minimum absolute atomic E-state index is 0.0180. The van der Waals surface area contributed by atoms with Crippen molar-refractivity contribution in [3.05, 3.63) is 95.2 Å². The molecule has 5 rings (SSSR count). The second kappa shape index (κ2) is 8.63. The Morgan fingerprint density at radius 2 is 1.62 bits per heavy atom. The van der Waals surface area contributed by atoms with Gasteiger partial charge in [-0.05, 0) is 61.7 Å². The molecule has 6 heteroatoms. The first kappa shape index (κ1) is 21.6. The highest BCUT2D eigenvalue weighted by molar-refractivity contribution is 6.07. The maximum atomic E-state index is 13.2. The average Bonchev–Trinajstić information content (AvgIpc) is 3.40. The number of nitrogens with zero attached hydrogens (tertiary/aromatic N) is 3. The van der Waals surface area contributed by atoms with Gasteiger partial charge in [0.1, 0.15) is 5.82 Å². The zero-order valence-corrected chi connectivity index (χ0v) is 19.5. The van der Waals surface area contributed by atoms with E-state index in [1.54, 1.807) is 4.68 Å². The van der Waals surface area contributed by atoms with Gasteiger partial charge in [0.25, 0.3) is 5.91 Å². The highest BCUT2D eigenvalue weighted by Gasteiger charge is 2.25. The minimum atomic E-state index is -0.172. The summed E-state index contributed by atoms with van der Waals surface area (Å²) in [5.74, 6) is 0.422. The number of carbonyl (C=O) groups is 2. The van der Waals surface area contributed by atoms with Crippen molar-refractivity contribution in [1.29, 1.82) is 0 Å². The standard InChI is InChI=1S/C28H26N4O2/c1-18-8-10-22(11-9-18)26-19(2)30-32(27(26)29-20(3)33)24-14-12-23(13-15-24)28(34)31-17-16-21-6-4-5-7-25(21)31/h4-15H,16-17H2,1-3H3,(H,29,33). The molecule has 6 nitrogen and oxygen atoms in total. The average molecular weight is 451 g/mol. The van der Waals surface area contributed by atoms with Crippen LogP contribution in [0.2, 0.25) is 0 Å². The van der Waals surface area contributed by atoms with E-state index in [-0.39, 0.29) is 11.8 Å². The molecule has 0 saturated heterocycles. The zero-order chi connectivity index (χ0) is 23.8. The molecule has 4 aromatic rings. The van der Waals surface area contributed by atoms with E-state index in [2.05, 4.69) is 11.4 Å². The summed E-state index contributed by atoms with van der Waals surface area (Å²) in [7, 11) is 0. The Hall–Kier alpha value is -4.19. The summed E-state index contributed by atoms with van der Waals surface area (Å²) in [5, 5.41) is 7.67. The number of aromatic nitrogens is 2. The molecule has 0 spiro atoms. The van der Waals surface area contributed by atoms with Gasteiger partial charge in [-0.3, -0.25) is 9.59 Å². The van der Waals surface area contributed by atoms with Crippen molar-refractivity contribution in [2.24, 2.45) is 0 Å². The predicted molar refractivity (Wildman–Crippen MR) is 135 cm³/mol. The highest BCUT2D eigenvalue weighted by Crippen LogP contribution is 2.34. The van der Waals surface area contributed by atoms with Crippen LogP contribution >= 0.6 is 0 Å². The number of nitrogens with one attached hydrogen (secondary N) is 1. The van der Waals surface area contributed by atoms with Gasteiger partial charge < -0.3 is 10.2 Å². The fraction of sp³-hybridized carbons (Fsp3) is 0.179. The summed E-state index contributed by atoms with van der Waals surface area (Å²) in [5.41, 5.74) is 7.39. The van der Waals surface area contributed by atoms with E-state index in [0.29, 0.717) is 17.9 Å². The second-order valence-corrected chi connectivity index (χ2v) is 8.65. The first-order chi connectivity index (χ1) is 16.4. The summed E-state index contributed by atoms with van der Waals surface area (Å²) in [4.78, 5) is 27.1. The van der Waals surface area contributed by atoms with Crippen LogP contribution in [-0.2, 0) is 11.2 Å². The lowest BCUT2D eigenvalue weighted by Crippen LogP contribution is -2.28. The van der Waals surface area contributed by atoms with E-state index in [0.717, 1.165) is 40.2 Å². The summed E-state index contributed by atoms with van der Waals surface area (Å²) < 4.78 is 1.73. The van der Waals surface area contributed by atoms with Crippen LogP contribution in [0.5, 0.6) is 0 Å². The lowest BCUT2D eigenvalue weighted by atomic mass is 10.0. The molecule has 0 atom stereocenters. The van der Waals surface area contributed by atoms with Crippen LogP contribution in [0.1, 0.15) is 34.1 Å². The number of rotatable bonds is 4. The number of amides is 2. The smallest absolute Gasteiger partial charge is 0.258 e. The van der Waals surface area contributed by atoms with Gasteiger partial charge in [-0.1, -0.05) is 48.0 Å². The van der Waals surface area contributed by atoms with Crippen LogP contribution in [0.3, 0.4) is 0 Å². The molecule has 170 valence electrons. The third kappa shape index (κ3) is 3.88. The summed E-state index contributed by atoms with van der Waals surface area (Å²) in [6.45, 7) is 6.14. The van der Waals surface area contributed by atoms with Crippen molar-refractivity contribution in [1.82, 2.24) is 9.78 Å². The molecule has 0 aliphatic carbocycles. The Morgan fingerprint density at radius 1 is 0.912 bits per heavy atom. The molecule has 0 fully saturated rings.